The van der Waals surface area contributed by atoms with Gasteiger partial charge in [-0.25, -0.2) is 4.98 Å². The largest absolute Gasteiger partial charge is 0.508 e. The molecule has 1 atom stereocenters. The number of ketones is 1. The second kappa shape index (κ2) is 8.47. The van der Waals surface area contributed by atoms with Gasteiger partial charge in [0.05, 0.1) is 5.56 Å². The Morgan fingerprint density at radius 3 is 2.62 bits per heavy atom. The molecule has 1 aromatic heterocycles. The van der Waals surface area contributed by atoms with Crippen LogP contribution in [0.25, 0.3) is 0 Å². The van der Waals surface area contributed by atoms with Crippen LogP contribution < -0.4 is 10.9 Å². The number of H-pyrrole nitrogens is 1. The monoisotopic (exact) mass is 473 g/mol. The van der Waals surface area contributed by atoms with Crippen molar-refractivity contribution in [2.45, 2.75) is 50.4 Å². The molecule has 0 bridgehead atoms. The fourth-order valence-corrected chi connectivity index (χ4v) is 5.65. The lowest BCUT2D eigenvalue weighted by Crippen LogP contribution is -2.37. The summed E-state index contributed by atoms with van der Waals surface area (Å²) < 4.78 is 0. The fraction of sp³-hybridized carbons (Fsp3) is 0.296. The number of fused-ring (bicyclic) bond motifs is 1. The van der Waals surface area contributed by atoms with Crippen LogP contribution in [-0.4, -0.2) is 20.9 Å². The molecular weight excluding hydrogens is 446 g/mol. The maximum absolute atomic E-state index is 13.4. The lowest BCUT2D eigenvalue weighted by molar-refractivity contribution is -0.118. The van der Waals surface area contributed by atoms with E-state index in [1.54, 1.807) is 18.2 Å². The molecule has 0 radical (unpaired) electrons. The van der Waals surface area contributed by atoms with E-state index >= 15 is 0 Å². The minimum Gasteiger partial charge on any atom is -0.508 e. The molecule has 0 spiro atoms. The molecule has 3 N–H and O–H groups in total. The van der Waals surface area contributed by atoms with Gasteiger partial charge in [0.15, 0.2) is 10.9 Å². The summed E-state index contributed by atoms with van der Waals surface area (Å²) in [5.41, 5.74) is 4.42. The standard InChI is InChI=1S/C27H27N3O3S/c1-15-7-9-16(10-8-15)14-34-26-29-24-23(25(33)30-26)21(17-5-4-6-18(31)11-17)22-19(28-24)12-27(2,3)13-20(22)32/h4-11,21,31H,12-14H2,1-3H3,(H2,28,29,30,33). The van der Waals surface area contributed by atoms with Gasteiger partial charge in [-0.15, -0.1) is 0 Å². The lowest BCUT2D eigenvalue weighted by atomic mass is 9.69. The number of Topliss-reactive ketones (excluding diaryl/α,β-unsaturated/α-hetero) is 1. The Kier molecular flexibility index (Phi) is 5.60. The van der Waals surface area contributed by atoms with Crippen molar-refractivity contribution in [1.82, 2.24) is 9.97 Å². The van der Waals surface area contributed by atoms with Crippen molar-refractivity contribution in [3.8, 4) is 5.75 Å². The Morgan fingerprint density at radius 1 is 1.12 bits per heavy atom. The number of nitrogens with zero attached hydrogens (tertiary/aromatic N) is 1. The number of aromatic nitrogens is 2. The Balaban J connectivity index is 1.58. The zero-order chi connectivity index (χ0) is 24.0. The molecule has 34 heavy (non-hydrogen) atoms. The smallest absolute Gasteiger partial charge is 0.257 e. The molecule has 1 aliphatic carbocycles. The first kappa shape index (κ1) is 22.5. The highest BCUT2D eigenvalue weighted by molar-refractivity contribution is 7.98. The Morgan fingerprint density at radius 2 is 1.88 bits per heavy atom. The first-order chi connectivity index (χ1) is 16.2. The van der Waals surface area contributed by atoms with Crippen LogP contribution in [0.5, 0.6) is 5.75 Å². The highest BCUT2D eigenvalue weighted by Crippen LogP contribution is 2.48. The van der Waals surface area contributed by atoms with E-state index in [1.165, 1.54) is 17.3 Å². The normalized spacial score (nSPS) is 18.8. The number of carbonyl (C=O) groups excluding carboxylic acids is 1. The number of anilines is 1. The third-order valence-electron chi connectivity index (χ3n) is 6.40. The van der Waals surface area contributed by atoms with Gasteiger partial charge >= 0.3 is 0 Å². The van der Waals surface area contributed by atoms with Crippen molar-refractivity contribution < 1.29 is 9.90 Å². The quantitative estimate of drug-likeness (QED) is 0.353. The topological polar surface area (TPSA) is 95.1 Å². The number of aryl methyl sites for hydroxylation is 1. The fourth-order valence-electron chi connectivity index (χ4n) is 4.84. The summed E-state index contributed by atoms with van der Waals surface area (Å²) in [7, 11) is 0. The van der Waals surface area contributed by atoms with Gasteiger partial charge in [-0.3, -0.25) is 9.59 Å². The van der Waals surface area contributed by atoms with Gasteiger partial charge in [0.25, 0.3) is 5.56 Å². The minimum atomic E-state index is -0.575. The zero-order valence-corrected chi connectivity index (χ0v) is 20.3. The summed E-state index contributed by atoms with van der Waals surface area (Å²) >= 11 is 1.47. The number of nitrogens with one attached hydrogen (secondary N) is 2. The molecule has 0 fully saturated rings. The van der Waals surface area contributed by atoms with Gasteiger partial charge in [0, 0.05) is 29.4 Å². The molecule has 7 heteroatoms. The molecule has 1 unspecified atom stereocenters. The third-order valence-corrected chi connectivity index (χ3v) is 7.34. The minimum absolute atomic E-state index is 0.0231. The molecule has 0 saturated heterocycles. The van der Waals surface area contributed by atoms with Crippen LogP contribution in [0.15, 0.2) is 69.8 Å². The predicted molar refractivity (Wildman–Crippen MR) is 134 cm³/mol. The Labute approximate surface area is 202 Å². The van der Waals surface area contributed by atoms with Crippen LogP contribution in [-0.2, 0) is 10.5 Å². The van der Waals surface area contributed by atoms with Crippen LogP contribution in [0.2, 0.25) is 0 Å². The number of allylic oxidation sites excluding steroid dienone is 2. The predicted octanol–water partition coefficient (Wildman–Crippen LogP) is 5.28. The van der Waals surface area contributed by atoms with E-state index < -0.39 is 5.92 Å². The lowest BCUT2D eigenvalue weighted by Gasteiger charge is -2.38. The number of hydrogen-bond acceptors (Lipinski definition) is 6. The average Bonchev–Trinajstić information content (AvgIpc) is 2.76. The SMILES string of the molecule is Cc1ccc(CSc2nc3c(c(=O)[nH]2)C(c2cccc(O)c2)C2=C(CC(C)(C)CC2=O)N3)cc1. The van der Waals surface area contributed by atoms with Crippen LogP contribution >= 0.6 is 11.8 Å². The molecule has 0 amide bonds. The van der Waals surface area contributed by atoms with E-state index in [4.69, 9.17) is 4.98 Å². The highest BCUT2D eigenvalue weighted by Gasteiger charge is 2.42. The van der Waals surface area contributed by atoms with Gasteiger partial charge < -0.3 is 15.4 Å². The number of carbonyl (C=O) groups is 1. The van der Waals surface area contributed by atoms with Crippen LogP contribution in [0.1, 0.15) is 54.9 Å². The van der Waals surface area contributed by atoms with Gasteiger partial charge in [-0.05, 0) is 42.0 Å². The molecule has 3 aromatic rings. The number of thioether (sulfide) groups is 1. The molecule has 2 heterocycles. The van der Waals surface area contributed by atoms with Crippen LogP contribution in [0.4, 0.5) is 5.82 Å². The van der Waals surface area contributed by atoms with Crippen molar-refractivity contribution in [1.29, 1.82) is 0 Å². The van der Waals surface area contributed by atoms with E-state index in [2.05, 4.69) is 48.4 Å². The van der Waals surface area contributed by atoms with Crippen molar-refractivity contribution in [3.63, 3.8) is 0 Å². The second-order valence-corrected chi connectivity index (χ2v) is 10.9. The summed E-state index contributed by atoms with van der Waals surface area (Å²) in [5, 5.41) is 14.0. The summed E-state index contributed by atoms with van der Waals surface area (Å²) in [5.74, 6) is 0.701. The molecule has 2 aromatic carbocycles. The summed E-state index contributed by atoms with van der Waals surface area (Å²) in [6, 6.07) is 15.1. The van der Waals surface area contributed by atoms with Crippen molar-refractivity contribution in [3.05, 3.63) is 92.4 Å². The summed E-state index contributed by atoms with van der Waals surface area (Å²) in [6.07, 6.45) is 1.09. The molecule has 0 saturated carbocycles. The first-order valence-corrected chi connectivity index (χ1v) is 12.3. The number of aromatic amines is 1. The highest BCUT2D eigenvalue weighted by atomic mass is 32.2. The van der Waals surface area contributed by atoms with Crippen LogP contribution in [0, 0.1) is 12.3 Å². The van der Waals surface area contributed by atoms with Crippen molar-refractivity contribution in [2.24, 2.45) is 5.41 Å². The van der Waals surface area contributed by atoms with Gasteiger partial charge in [-0.2, -0.15) is 0 Å². The molecule has 1 aliphatic heterocycles. The number of phenolic OH excluding ortho intramolecular Hbond substituents is 1. The van der Waals surface area contributed by atoms with Gasteiger partial charge in [0.2, 0.25) is 0 Å². The second-order valence-electron chi connectivity index (χ2n) is 9.89. The Hall–Kier alpha value is -3.32. The summed E-state index contributed by atoms with van der Waals surface area (Å²) in [4.78, 5) is 34.3. The maximum atomic E-state index is 13.4. The molecule has 6 nitrogen and oxygen atoms in total. The number of phenols is 1. The maximum Gasteiger partial charge on any atom is 0.257 e. The molecular formula is C27H27N3O3S. The number of rotatable bonds is 4. The van der Waals surface area contributed by atoms with E-state index in [1.807, 2.05) is 13.0 Å². The van der Waals surface area contributed by atoms with Crippen molar-refractivity contribution >= 4 is 23.4 Å². The summed E-state index contributed by atoms with van der Waals surface area (Å²) in [6.45, 7) is 6.20. The van der Waals surface area contributed by atoms with E-state index in [-0.39, 0.29) is 22.5 Å². The Bertz CT molecular complexity index is 1370. The van der Waals surface area contributed by atoms with E-state index in [9.17, 15) is 14.7 Å². The molecule has 2 aliphatic rings. The third kappa shape index (κ3) is 4.28. The molecule has 5 rings (SSSR count). The van der Waals surface area contributed by atoms with E-state index in [0.717, 1.165) is 11.3 Å². The van der Waals surface area contributed by atoms with E-state index in [0.29, 0.717) is 46.3 Å². The van der Waals surface area contributed by atoms with Gasteiger partial charge in [0.1, 0.15) is 11.6 Å². The van der Waals surface area contributed by atoms with Crippen molar-refractivity contribution in [2.75, 3.05) is 5.32 Å². The number of hydrogen-bond donors (Lipinski definition) is 3. The number of aromatic hydroxyl groups is 1. The first-order valence-electron chi connectivity index (χ1n) is 11.3. The molecule has 174 valence electrons. The number of benzene rings is 2. The van der Waals surface area contributed by atoms with Crippen LogP contribution in [0.3, 0.4) is 0 Å². The average molecular weight is 474 g/mol. The zero-order valence-electron chi connectivity index (χ0n) is 19.4. The van der Waals surface area contributed by atoms with Gasteiger partial charge in [-0.1, -0.05) is 67.6 Å².